The highest BCUT2D eigenvalue weighted by Gasteiger charge is 2.24. The zero-order chi connectivity index (χ0) is 12.1. The van der Waals surface area contributed by atoms with Gasteiger partial charge in [0, 0.05) is 25.7 Å². The lowest BCUT2D eigenvalue weighted by molar-refractivity contribution is 0.134. The number of nitrogens with zero attached hydrogens (tertiary/aromatic N) is 1. The minimum atomic E-state index is 0.105. The standard InChI is InChI=1S/C13H24N2O2/c16-10-11-6-8-15(9-7-11)13(17)14-12-4-2-1-3-5-12/h11-12,16H,1-10H2,(H,14,17). The van der Waals surface area contributed by atoms with Gasteiger partial charge in [-0.15, -0.1) is 0 Å². The first-order valence-corrected chi connectivity index (χ1v) is 6.96. The summed E-state index contributed by atoms with van der Waals surface area (Å²) in [5.74, 6) is 0.397. The van der Waals surface area contributed by atoms with Crippen molar-refractivity contribution in [3.63, 3.8) is 0 Å². The van der Waals surface area contributed by atoms with Gasteiger partial charge in [0.1, 0.15) is 0 Å². The van der Waals surface area contributed by atoms with Crippen molar-refractivity contribution in [2.24, 2.45) is 5.92 Å². The van der Waals surface area contributed by atoms with E-state index in [2.05, 4.69) is 5.32 Å². The predicted molar refractivity (Wildman–Crippen MR) is 66.8 cm³/mol. The number of carbonyl (C=O) groups excluding carboxylic acids is 1. The van der Waals surface area contributed by atoms with Crippen molar-refractivity contribution in [3.8, 4) is 0 Å². The number of rotatable bonds is 2. The summed E-state index contributed by atoms with van der Waals surface area (Å²) >= 11 is 0. The molecule has 1 saturated carbocycles. The maximum Gasteiger partial charge on any atom is 0.317 e. The van der Waals surface area contributed by atoms with Gasteiger partial charge in [0.05, 0.1) is 0 Å². The van der Waals surface area contributed by atoms with Gasteiger partial charge in [0.25, 0.3) is 0 Å². The van der Waals surface area contributed by atoms with E-state index < -0.39 is 0 Å². The molecule has 4 heteroatoms. The van der Waals surface area contributed by atoms with E-state index >= 15 is 0 Å². The average Bonchev–Trinajstić information content (AvgIpc) is 2.40. The zero-order valence-corrected chi connectivity index (χ0v) is 10.5. The lowest BCUT2D eigenvalue weighted by Gasteiger charge is -2.33. The van der Waals surface area contributed by atoms with Crippen LogP contribution in [-0.2, 0) is 0 Å². The number of piperidine rings is 1. The topological polar surface area (TPSA) is 52.6 Å². The van der Waals surface area contributed by atoms with E-state index in [-0.39, 0.29) is 12.6 Å². The molecule has 2 fully saturated rings. The van der Waals surface area contributed by atoms with Crippen LogP contribution in [0.1, 0.15) is 44.9 Å². The van der Waals surface area contributed by atoms with Gasteiger partial charge < -0.3 is 15.3 Å². The number of nitrogens with one attached hydrogen (secondary N) is 1. The Morgan fingerprint density at radius 1 is 1.12 bits per heavy atom. The molecule has 0 atom stereocenters. The average molecular weight is 240 g/mol. The third kappa shape index (κ3) is 3.60. The molecule has 1 saturated heterocycles. The van der Waals surface area contributed by atoms with Crippen LogP contribution in [0, 0.1) is 5.92 Å². The Bertz CT molecular complexity index is 244. The highest BCUT2D eigenvalue weighted by Crippen LogP contribution is 2.19. The maximum absolute atomic E-state index is 12.0. The van der Waals surface area contributed by atoms with Crippen molar-refractivity contribution in [2.45, 2.75) is 51.0 Å². The number of aliphatic hydroxyl groups is 1. The van der Waals surface area contributed by atoms with E-state index in [1.54, 1.807) is 0 Å². The van der Waals surface area contributed by atoms with E-state index in [4.69, 9.17) is 5.11 Å². The van der Waals surface area contributed by atoms with Crippen molar-refractivity contribution in [2.75, 3.05) is 19.7 Å². The maximum atomic E-state index is 12.0. The molecule has 0 aromatic carbocycles. The number of urea groups is 1. The van der Waals surface area contributed by atoms with Crippen molar-refractivity contribution < 1.29 is 9.90 Å². The molecule has 0 aromatic heterocycles. The number of hydrogen-bond acceptors (Lipinski definition) is 2. The lowest BCUT2D eigenvalue weighted by Crippen LogP contribution is -2.48. The summed E-state index contributed by atoms with van der Waals surface area (Å²) in [6, 6.07) is 0.500. The molecule has 2 rings (SSSR count). The smallest absolute Gasteiger partial charge is 0.317 e. The number of hydrogen-bond donors (Lipinski definition) is 2. The Labute approximate surface area is 103 Å². The first-order valence-electron chi connectivity index (χ1n) is 6.96. The molecular weight excluding hydrogens is 216 g/mol. The van der Waals surface area contributed by atoms with Crippen LogP contribution in [0.15, 0.2) is 0 Å². The van der Waals surface area contributed by atoms with Gasteiger partial charge in [0.15, 0.2) is 0 Å². The van der Waals surface area contributed by atoms with Gasteiger partial charge >= 0.3 is 6.03 Å². The second-order valence-corrected chi connectivity index (χ2v) is 5.40. The molecular formula is C13H24N2O2. The van der Waals surface area contributed by atoms with Crippen molar-refractivity contribution in [1.82, 2.24) is 10.2 Å². The van der Waals surface area contributed by atoms with E-state index in [0.29, 0.717) is 12.0 Å². The van der Waals surface area contributed by atoms with Gasteiger partial charge in [-0.05, 0) is 31.6 Å². The van der Waals surface area contributed by atoms with Crippen LogP contribution in [0.25, 0.3) is 0 Å². The van der Waals surface area contributed by atoms with E-state index in [0.717, 1.165) is 38.8 Å². The van der Waals surface area contributed by atoms with Gasteiger partial charge in [-0.3, -0.25) is 0 Å². The highest BCUT2D eigenvalue weighted by molar-refractivity contribution is 5.74. The fourth-order valence-corrected chi connectivity index (χ4v) is 2.83. The van der Waals surface area contributed by atoms with Crippen molar-refractivity contribution in [3.05, 3.63) is 0 Å². The van der Waals surface area contributed by atoms with Crippen LogP contribution in [0.5, 0.6) is 0 Å². The Morgan fingerprint density at radius 3 is 2.35 bits per heavy atom. The monoisotopic (exact) mass is 240 g/mol. The lowest BCUT2D eigenvalue weighted by atomic mass is 9.95. The largest absolute Gasteiger partial charge is 0.396 e. The second kappa shape index (κ2) is 6.24. The Hall–Kier alpha value is -0.770. The summed E-state index contributed by atoms with van der Waals surface area (Å²) in [4.78, 5) is 13.9. The summed E-state index contributed by atoms with van der Waals surface area (Å²) in [5.41, 5.74) is 0. The summed E-state index contributed by atoms with van der Waals surface area (Å²) < 4.78 is 0. The number of carbonyl (C=O) groups is 1. The Morgan fingerprint density at radius 2 is 1.76 bits per heavy atom. The third-order valence-electron chi connectivity index (χ3n) is 4.09. The third-order valence-corrected chi connectivity index (χ3v) is 4.09. The highest BCUT2D eigenvalue weighted by atomic mass is 16.3. The van der Waals surface area contributed by atoms with Gasteiger partial charge in [0.2, 0.25) is 0 Å². The van der Waals surface area contributed by atoms with Crippen molar-refractivity contribution in [1.29, 1.82) is 0 Å². The molecule has 2 amide bonds. The van der Waals surface area contributed by atoms with Crippen molar-refractivity contribution >= 4 is 6.03 Å². The summed E-state index contributed by atoms with van der Waals surface area (Å²) in [6.07, 6.45) is 7.96. The molecule has 2 aliphatic rings. The number of aliphatic hydroxyl groups excluding tert-OH is 1. The fourth-order valence-electron chi connectivity index (χ4n) is 2.83. The van der Waals surface area contributed by atoms with Gasteiger partial charge in [-0.1, -0.05) is 19.3 Å². The molecule has 2 N–H and O–H groups in total. The molecule has 1 heterocycles. The Kier molecular flexibility index (Phi) is 4.66. The quantitative estimate of drug-likeness (QED) is 0.772. The first-order chi connectivity index (χ1) is 8.29. The minimum Gasteiger partial charge on any atom is -0.396 e. The molecule has 17 heavy (non-hydrogen) atoms. The fraction of sp³-hybridized carbons (Fsp3) is 0.923. The van der Waals surface area contributed by atoms with Gasteiger partial charge in [-0.25, -0.2) is 4.79 Å². The molecule has 0 unspecified atom stereocenters. The van der Waals surface area contributed by atoms with E-state index in [9.17, 15) is 4.79 Å². The SMILES string of the molecule is O=C(NC1CCCCC1)N1CCC(CO)CC1. The molecule has 1 aliphatic heterocycles. The second-order valence-electron chi connectivity index (χ2n) is 5.40. The first kappa shape index (κ1) is 12.7. The van der Waals surface area contributed by atoms with Crippen LogP contribution < -0.4 is 5.32 Å². The molecule has 98 valence electrons. The summed E-state index contributed by atoms with van der Waals surface area (Å²) in [5, 5.41) is 12.2. The Balaban J connectivity index is 1.72. The molecule has 0 spiro atoms. The van der Waals surface area contributed by atoms with E-state index in [1.165, 1.54) is 19.3 Å². The number of likely N-dealkylation sites (tertiary alicyclic amines) is 1. The summed E-state index contributed by atoms with van der Waals surface area (Å²) in [6.45, 7) is 1.85. The molecule has 0 radical (unpaired) electrons. The molecule has 1 aliphatic carbocycles. The minimum absolute atomic E-state index is 0.105. The zero-order valence-electron chi connectivity index (χ0n) is 10.5. The molecule has 4 nitrogen and oxygen atoms in total. The molecule has 0 aromatic rings. The van der Waals surface area contributed by atoms with Crippen LogP contribution in [0.4, 0.5) is 4.79 Å². The summed E-state index contributed by atoms with van der Waals surface area (Å²) in [7, 11) is 0. The van der Waals surface area contributed by atoms with E-state index in [1.807, 2.05) is 4.90 Å². The van der Waals surface area contributed by atoms with Crippen LogP contribution >= 0.6 is 0 Å². The normalized spacial score (nSPS) is 23.7. The van der Waals surface area contributed by atoms with Crippen LogP contribution in [0.3, 0.4) is 0 Å². The number of amides is 2. The van der Waals surface area contributed by atoms with Crippen LogP contribution in [-0.4, -0.2) is 41.8 Å². The van der Waals surface area contributed by atoms with Crippen LogP contribution in [0.2, 0.25) is 0 Å². The predicted octanol–water partition coefficient (Wildman–Crippen LogP) is 1.73. The molecule has 0 bridgehead atoms. The van der Waals surface area contributed by atoms with Gasteiger partial charge in [-0.2, -0.15) is 0 Å².